The average molecular weight is 268 g/mol. The smallest absolute Gasteiger partial charge is 0.165 e. The Morgan fingerprint density at radius 3 is 2.26 bits per heavy atom. The predicted molar refractivity (Wildman–Crippen MR) is 71.8 cm³/mol. The van der Waals surface area contributed by atoms with E-state index in [2.05, 4.69) is 13.8 Å². The summed E-state index contributed by atoms with van der Waals surface area (Å²) in [5, 5.41) is 10.6. The normalized spacial score (nSPS) is 27.8. The van der Waals surface area contributed by atoms with Gasteiger partial charge in [0.15, 0.2) is 11.6 Å². The number of rotatable bonds is 2. The quantitative estimate of drug-likeness (QED) is 0.847. The topological polar surface area (TPSA) is 20.2 Å². The van der Waals surface area contributed by atoms with Crippen LogP contribution in [-0.2, 0) is 5.60 Å². The number of aryl methyl sites for hydroxylation is 1. The van der Waals surface area contributed by atoms with Crippen LogP contribution in [0.25, 0.3) is 0 Å². The summed E-state index contributed by atoms with van der Waals surface area (Å²) in [5.41, 5.74) is -0.803. The molecule has 0 spiro atoms. The largest absolute Gasteiger partial charge is 0.385 e. The molecule has 0 unspecified atom stereocenters. The Bertz CT molecular complexity index is 460. The number of benzene rings is 1. The molecule has 1 aliphatic rings. The molecule has 1 aromatic rings. The molecular formula is C16H22F2O. The van der Waals surface area contributed by atoms with Crippen LogP contribution in [0.3, 0.4) is 0 Å². The van der Waals surface area contributed by atoms with Gasteiger partial charge in [0.1, 0.15) is 0 Å². The third kappa shape index (κ3) is 2.66. The second-order valence-electron chi connectivity index (χ2n) is 6.17. The minimum atomic E-state index is -1.20. The zero-order chi connectivity index (χ0) is 14.2. The first-order valence-electron chi connectivity index (χ1n) is 7.02. The lowest BCUT2D eigenvalue weighted by atomic mass is 9.72. The number of aliphatic hydroxyl groups is 1. The number of hydrogen-bond donors (Lipinski definition) is 1. The molecule has 0 aliphatic heterocycles. The van der Waals surface area contributed by atoms with Crippen molar-refractivity contribution in [1.82, 2.24) is 0 Å². The highest BCUT2D eigenvalue weighted by molar-refractivity contribution is 5.30. The Morgan fingerprint density at radius 1 is 1.16 bits per heavy atom. The molecule has 1 saturated carbocycles. The van der Waals surface area contributed by atoms with Crippen LogP contribution in [0.1, 0.15) is 50.7 Å². The molecule has 0 amide bonds. The van der Waals surface area contributed by atoms with Gasteiger partial charge in [0.2, 0.25) is 0 Å². The highest BCUT2D eigenvalue weighted by Gasteiger charge is 2.38. The van der Waals surface area contributed by atoms with Crippen molar-refractivity contribution in [2.24, 2.45) is 11.8 Å². The van der Waals surface area contributed by atoms with Gasteiger partial charge >= 0.3 is 0 Å². The minimum Gasteiger partial charge on any atom is -0.385 e. The van der Waals surface area contributed by atoms with Gasteiger partial charge in [0.25, 0.3) is 0 Å². The zero-order valence-corrected chi connectivity index (χ0v) is 11.8. The van der Waals surface area contributed by atoms with Crippen LogP contribution in [0.4, 0.5) is 8.78 Å². The van der Waals surface area contributed by atoms with Crippen LogP contribution >= 0.6 is 0 Å². The van der Waals surface area contributed by atoms with Crippen molar-refractivity contribution in [3.63, 3.8) is 0 Å². The van der Waals surface area contributed by atoms with Gasteiger partial charge in [-0.1, -0.05) is 26.0 Å². The lowest BCUT2D eigenvalue weighted by molar-refractivity contribution is -0.0231. The van der Waals surface area contributed by atoms with E-state index in [-0.39, 0.29) is 11.1 Å². The van der Waals surface area contributed by atoms with Crippen molar-refractivity contribution in [3.8, 4) is 0 Å². The first kappa shape index (κ1) is 14.4. The van der Waals surface area contributed by atoms with Crippen molar-refractivity contribution >= 4 is 0 Å². The van der Waals surface area contributed by atoms with Gasteiger partial charge in [0, 0.05) is 5.56 Å². The fourth-order valence-corrected chi connectivity index (χ4v) is 3.06. The molecule has 106 valence electrons. The minimum absolute atomic E-state index is 0.123. The monoisotopic (exact) mass is 268 g/mol. The average Bonchev–Trinajstić information content (AvgIpc) is 2.36. The molecule has 1 N–H and O–H groups in total. The summed E-state index contributed by atoms with van der Waals surface area (Å²) >= 11 is 0. The fourth-order valence-electron chi connectivity index (χ4n) is 3.06. The Morgan fingerprint density at radius 2 is 1.74 bits per heavy atom. The molecule has 2 rings (SSSR count). The van der Waals surface area contributed by atoms with Gasteiger partial charge in [0.05, 0.1) is 5.60 Å². The van der Waals surface area contributed by atoms with Crippen LogP contribution in [0.2, 0.25) is 0 Å². The summed E-state index contributed by atoms with van der Waals surface area (Å²) < 4.78 is 27.6. The van der Waals surface area contributed by atoms with Gasteiger partial charge < -0.3 is 5.11 Å². The van der Waals surface area contributed by atoms with E-state index >= 15 is 0 Å². The Kier molecular flexibility index (Phi) is 3.95. The first-order valence-corrected chi connectivity index (χ1v) is 7.02. The second kappa shape index (κ2) is 5.20. The van der Waals surface area contributed by atoms with Crippen molar-refractivity contribution in [1.29, 1.82) is 0 Å². The zero-order valence-electron chi connectivity index (χ0n) is 11.8. The van der Waals surface area contributed by atoms with E-state index in [9.17, 15) is 13.9 Å². The third-order valence-electron chi connectivity index (χ3n) is 4.58. The lowest BCUT2D eigenvalue weighted by Crippen LogP contribution is -2.34. The lowest BCUT2D eigenvalue weighted by Gasteiger charge is -2.38. The maximum absolute atomic E-state index is 14.0. The summed E-state index contributed by atoms with van der Waals surface area (Å²) in [7, 11) is 0. The van der Waals surface area contributed by atoms with Gasteiger partial charge in [-0.15, -0.1) is 0 Å². The van der Waals surface area contributed by atoms with Gasteiger partial charge in [-0.25, -0.2) is 8.78 Å². The summed E-state index contributed by atoms with van der Waals surface area (Å²) in [4.78, 5) is 0. The molecule has 0 atom stereocenters. The van der Waals surface area contributed by atoms with Crippen molar-refractivity contribution in [3.05, 3.63) is 34.9 Å². The van der Waals surface area contributed by atoms with Gasteiger partial charge in [-0.2, -0.15) is 0 Å². The predicted octanol–water partition coefficient (Wildman–Crippen LogP) is 4.31. The van der Waals surface area contributed by atoms with Gasteiger partial charge in [-0.05, 0) is 50.0 Å². The second-order valence-corrected chi connectivity index (χ2v) is 6.17. The molecule has 0 bridgehead atoms. The number of halogens is 2. The molecule has 19 heavy (non-hydrogen) atoms. The molecule has 3 heteroatoms. The highest BCUT2D eigenvalue weighted by atomic mass is 19.2. The standard InChI is InChI=1S/C16H22F2O/c1-10(2)12-6-8-16(19,9-7-12)13-5-4-11(3)14(17)15(13)18/h4-5,10,12,19H,6-9H2,1-3H3. The molecule has 0 radical (unpaired) electrons. The summed E-state index contributed by atoms with van der Waals surface area (Å²) in [6.45, 7) is 5.87. The van der Waals surface area contributed by atoms with Crippen LogP contribution < -0.4 is 0 Å². The Labute approximate surface area is 113 Å². The molecular weight excluding hydrogens is 246 g/mol. The highest BCUT2D eigenvalue weighted by Crippen LogP contribution is 2.42. The van der Waals surface area contributed by atoms with E-state index in [4.69, 9.17) is 0 Å². The molecule has 1 aromatic carbocycles. The van der Waals surface area contributed by atoms with Crippen LogP contribution in [0.15, 0.2) is 12.1 Å². The Balaban J connectivity index is 2.25. The molecule has 1 nitrogen and oxygen atoms in total. The third-order valence-corrected chi connectivity index (χ3v) is 4.58. The fraction of sp³-hybridized carbons (Fsp3) is 0.625. The summed E-state index contributed by atoms with van der Waals surface area (Å²) in [6.07, 6.45) is 2.75. The van der Waals surface area contributed by atoms with E-state index in [1.54, 1.807) is 6.07 Å². The molecule has 1 fully saturated rings. The number of hydrogen-bond acceptors (Lipinski definition) is 1. The molecule has 1 aliphatic carbocycles. The summed E-state index contributed by atoms with van der Waals surface area (Å²) in [5.74, 6) is -0.579. The van der Waals surface area contributed by atoms with Gasteiger partial charge in [-0.3, -0.25) is 0 Å². The van der Waals surface area contributed by atoms with Crippen molar-refractivity contribution in [2.45, 2.75) is 52.1 Å². The molecule has 0 heterocycles. The van der Waals surface area contributed by atoms with Crippen LogP contribution in [-0.4, -0.2) is 5.11 Å². The van der Waals surface area contributed by atoms with E-state index in [1.165, 1.54) is 13.0 Å². The molecule has 0 aromatic heterocycles. The van der Waals surface area contributed by atoms with Crippen LogP contribution in [0.5, 0.6) is 0 Å². The van der Waals surface area contributed by atoms with Crippen molar-refractivity contribution < 1.29 is 13.9 Å². The van der Waals surface area contributed by atoms with E-state index in [0.29, 0.717) is 24.7 Å². The van der Waals surface area contributed by atoms with E-state index in [1.807, 2.05) is 0 Å². The van der Waals surface area contributed by atoms with E-state index in [0.717, 1.165) is 12.8 Å². The maximum atomic E-state index is 14.0. The SMILES string of the molecule is Cc1ccc(C2(O)CCC(C(C)C)CC2)c(F)c1F. The maximum Gasteiger partial charge on any atom is 0.165 e. The Hall–Kier alpha value is -0.960. The van der Waals surface area contributed by atoms with Crippen LogP contribution in [0, 0.1) is 30.4 Å². The van der Waals surface area contributed by atoms with E-state index < -0.39 is 17.2 Å². The molecule has 0 saturated heterocycles. The summed E-state index contributed by atoms with van der Waals surface area (Å²) in [6, 6.07) is 3.07. The first-order chi connectivity index (χ1) is 8.85. The van der Waals surface area contributed by atoms with Crippen molar-refractivity contribution in [2.75, 3.05) is 0 Å².